The number of alkyl halides is 1. The van der Waals surface area contributed by atoms with Crippen molar-refractivity contribution in [1.29, 1.82) is 0 Å². The third-order valence-electron chi connectivity index (χ3n) is 2.93. The lowest BCUT2D eigenvalue weighted by molar-refractivity contribution is 0.351. The molecule has 1 aromatic heterocycles. The molecule has 0 aliphatic rings. The zero-order valence-corrected chi connectivity index (χ0v) is 14.3. The average Bonchev–Trinajstić information content (AvgIpc) is 2.78. The summed E-state index contributed by atoms with van der Waals surface area (Å²) in [6.07, 6.45) is 0. The molecule has 0 bridgehead atoms. The molecule has 2 aromatic rings. The van der Waals surface area contributed by atoms with Crippen LogP contribution in [0.2, 0.25) is 5.02 Å². The molecule has 0 amide bonds. The summed E-state index contributed by atoms with van der Waals surface area (Å²) in [7, 11) is 2.99. The molecule has 0 saturated heterocycles. The monoisotopic (exact) mass is 378 g/mol. The van der Waals surface area contributed by atoms with Crippen LogP contribution in [0.15, 0.2) is 17.5 Å². The van der Waals surface area contributed by atoms with E-state index in [1.807, 2.05) is 12.3 Å². The highest BCUT2D eigenvalue weighted by Crippen LogP contribution is 2.43. The number of thiophene rings is 1. The normalized spacial score (nSPS) is 12.3. The third kappa shape index (κ3) is 2.80. The van der Waals surface area contributed by atoms with Crippen LogP contribution in [0.3, 0.4) is 0 Å². The lowest BCUT2D eigenvalue weighted by Crippen LogP contribution is -1.99. The number of hydrogen-bond donors (Lipinski definition) is 0. The second-order valence-electron chi connectivity index (χ2n) is 4.19. The molecule has 108 valence electrons. The van der Waals surface area contributed by atoms with Crippen molar-refractivity contribution in [1.82, 2.24) is 0 Å². The zero-order valence-electron chi connectivity index (χ0n) is 11.2. The summed E-state index contributed by atoms with van der Waals surface area (Å²) in [6, 6.07) is 2.94. The smallest absolute Gasteiger partial charge is 0.163 e. The van der Waals surface area contributed by atoms with Crippen LogP contribution in [0, 0.1) is 12.7 Å². The van der Waals surface area contributed by atoms with E-state index in [1.165, 1.54) is 31.6 Å². The Morgan fingerprint density at radius 2 is 1.85 bits per heavy atom. The summed E-state index contributed by atoms with van der Waals surface area (Å²) in [5, 5.41) is 2.61. The fraction of sp³-hybridized carbons (Fsp3) is 0.286. The highest BCUT2D eigenvalue weighted by molar-refractivity contribution is 9.09. The molecule has 0 spiro atoms. The molecular formula is C14H13BrClFO2S. The summed E-state index contributed by atoms with van der Waals surface area (Å²) < 4.78 is 24.5. The minimum absolute atomic E-state index is 0.325. The second kappa shape index (κ2) is 6.33. The Hall–Kier alpha value is -0.780. The number of hydrogen-bond acceptors (Lipinski definition) is 3. The molecule has 1 heterocycles. The summed E-state index contributed by atoms with van der Waals surface area (Å²) in [4.78, 5) is 0.545. The van der Waals surface area contributed by atoms with E-state index in [2.05, 4.69) is 15.9 Å². The summed E-state index contributed by atoms with van der Waals surface area (Å²) in [6.45, 7) is 1.92. The summed E-state index contributed by atoms with van der Waals surface area (Å²) in [5.74, 6) is 0.478. The van der Waals surface area contributed by atoms with Gasteiger partial charge >= 0.3 is 0 Å². The van der Waals surface area contributed by atoms with Crippen LogP contribution in [0.25, 0.3) is 0 Å². The van der Waals surface area contributed by atoms with Crippen LogP contribution in [-0.2, 0) is 0 Å². The lowest BCUT2D eigenvalue weighted by atomic mass is 10.1. The highest BCUT2D eigenvalue weighted by atomic mass is 79.9. The van der Waals surface area contributed by atoms with E-state index >= 15 is 0 Å². The molecule has 0 aliphatic heterocycles. The first-order chi connectivity index (χ1) is 9.49. The summed E-state index contributed by atoms with van der Waals surface area (Å²) in [5.41, 5.74) is 1.45. The standard InChI is InChI=1S/C14H13BrClFO2S/c1-7-6-20-14(13(7)16)12(15)8-4-10(18-2)11(19-3)5-9(8)17/h4-6,12H,1-3H3. The van der Waals surface area contributed by atoms with E-state index < -0.39 is 0 Å². The number of methoxy groups -OCH3 is 2. The van der Waals surface area contributed by atoms with Gasteiger partial charge in [0, 0.05) is 16.5 Å². The van der Waals surface area contributed by atoms with Crippen LogP contribution < -0.4 is 9.47 Å². The van der Waals surface area contributed by atoms with Gasteiger partial charge < -0.3 is 9.47 Å². The van der Waals surface area contributed by atoms with E-state index in [1.54, 1.807) is 6.07 Å². The maximum absolute atomic E-state index is 14.2. The summed E-state index contributed by atoms with van der Waals surface area (Å²) >= 11 is 11.2. The molecule has 1 atom stereocenters. The van der Waals surface area contributed by atoms with Gasteiger partial charge in [0.1, 0.15) is 5.82 Å². The largest absolute Gasteiger partial charge is 0.493 e. The van der Waals surface area contributed by atoms with Crippen molar-refractivity contribution >= 4 is 38.9 Å². The SMILES string of the molecule is COc1cc(F)c(C(Br)c2scc(C)c2Cl)cc1OC. The second-order valence-corrected chi connectivity index (χ2v) is 6.39. The maximum Gasteiger partial charge on any atom is 0.163 e. The minimum atomic E-state index is -0.369. The Labute approximate surface area is 134 Å². The first kappa shape index (κ1) is 15.6. The molecule has 2 nitrogen and oxygen atoms in total. The number of ether oxygens (including phenoxy) is 2. The van der Waals surface area contributed by atoms with E-state index in [0.29, 0.717) is 22.1 Å². The third-order valence-corrected chi connectivity index (χ3v) is 5.96. The van der Waals surface area contributed by atoms with Crippen LogP contribution in [0.5, 0.6) is 11.5 Å². The number of aryl methyl sites for hydroxylation is 1. The Bertz CT molecular complexity index is 630. The van der Waals surface area contributed by atoms with Gasteiger partial charge in [0.15, 0.2) is 11.5 Å². The van der Waals surface area contributed by atoms with Gasteiger partial charge in [0.25, 0.3) is 0 Å². The highest BCUT2D eigenvalue weighted by Gasteiger charge is 2.22. The molecule has 1 aromatic carbocycles. The molecular weight excluding hydrogens is 367 g/mol. The van der Waals surface area contributed by atoms with Gasteiger partial charge in [-0.2, -0.15) is 0 Å². The van der Waals surface area contributed by atoms with E-state index in [-0.39, 0.29) is 10.6 Å². The van der Waals surface area contributed by atoms with Crippen LogP contribution in [0.1, 0.15) is 20.8 Å². The lowest BCUT2D eigenvalue weighted by Gasteiger charge is -2.14. The number of benzene rings is 1. The molecule has 2 rings (SSSR count). The minimum Gasteiger partial charge on any atom is -0.493 e. The van der Waals surface area contributed by atoms with Gasteiger partial charge in [-0.05, 0) is 23.9 Å². The number of halogens is 3. The molecule has 0 N–H and O–H groups in total. The van der Waals surface area contributed by atoms with Crippen molar-refractivity contribution in [2.75, 3.05) is 14.2 Å². The van der Waals surface area contributed by atoms with Gasteiger partial charge in [0.05, 0.1) is 24.1 Å². The predicted molar refractivity (Wildman–Crippen MR) is 84.3 cm³/mol. The van der Waals surface area contributed by atoms with Crippen molar-refractivity contribution in [3.05, 3.63) is 44.4 Å². The number of rotatable bonds is 4. The first-order valence-corrected chi connectivity index (χ1v) is 7.95. The average molecular weight is 380 g/mol. The molecule has 20 heavy (non-hydrogen) atoms. The van der Waals surface area contributed by atoms with Crippen molar-refractivity contribution < 1.29 is 13.9 Å². The van der Waals surface area contributed by atoms with Crippen molar-refractivity contribution in [3.63, 3.8) is 0 Å². The van der Waals surface area contributed by atoms with Crippen LogP contribution >= 0.6 is 38.9 Å². The fourth-order valence-electron chi connectivity index (χ4n) is 1.83. The zero-order chi connectivity index (χ0) is 14.9. The van der Waals surface area contributed by atoms with E-state index in [0.717, 1.165) is 10.4 Å². The molecule has 1 unspecified atom stereocenters. The van der Waals surface area contributed by atoms with Crippen LogP contribution in [-0.4, -0.2) is 14.2 Å². The predicted octanol–water partition coefficient (Wildman–Crippen LogP) is 5.35. The van der Waals surface area contributed by atoms with Crippen molar-refractivity contribution in [2.45, 2.75) is 11.8 Å². The van der Waals surface area contributed by atoms with Crippen molar-refractivity contribution in [2.24, 2.45) is 0 Å². The van der Waals surface area contributed by atoms with Crippen LogP contribution in [0.4, 0.5) is 4.39 Å². The Morgan fingerprint density at radius 1 is 1.25 bits per heavy atom. The maximum atomic E-state index is 14.2. The fourth-order valence-corrected chi connectivity index (χ4v) is 4.16. The van der Waals surface area contributed by atoms with Gasteiger partial charge in [0.2, 0.25) is 0 Å². The molecule has 0 aliphatic carbocycles. The molecule has 0 radical (unpaired) electrons. The van der Waals surface area contributed by atoms with Gasteiger partial charge in [-0.3, -0.25) is 0 Å². The van der Waals surface area contributed by atoms with E-state index in [9.17, 15) is 4.39 Å². The molecule has 6 heteroatoms. The van der Waals surface area contributed by atoms with E-state index in [4.69, 9.17) is 21.1 Å². The Morgan fingerprint density at radius 3 is 2.35 bits per heavy atom. The van der Waals surface area contributed by atoms with Gasteiger partial charge in [-0.25, -0.2) is 4.39 Å². The molecule has 0 fully saturated rings. The molecule has 0 saturated carbocycles. The first-order valence-electron chi connectivity index (χ1n) is 5.78. The van der Waals surface area contributed by atoms with Gasteiger partial charge in [-0.1, -0.05) is 27.5 Å². The van der Waals surface area contributed by atoms with Crippen molar-refractivity contribution in [3.8, 4) is 11.5 Å². The Balaban J connectivity index is 2.49. The Kier molecular flexibility index (Phi) is 4.94. The quantitative estimate of drug-likeness (QED) is 0.667. The van der Waals surface area contributed by atoms with Gasteiger partial charge in [-0.15, -0.1) is 11.3 Å². The topological polar surface area (TPSA) is 18.5 Å².